The standard InChI is InChI=1S/C6H5Cl.CHBr3O2S/c7-6-4-2-1-3-5-6;2-1(3,4)7(5)6/h1-5H;(H,5,6)/p-1. The molecule has 0 heterocycles. The molecule has 1 rings (SSSR count). The average molecular weight is 428 g/mol. The molecule has 0 fully saturated rings. The fourth-order valence-corrected chi connectivity index (χ4v) is 0.560. The van der Waals surface area contributed by atoms with Gasteiger partial charge in [-0.2, -0.15) is 0 Å². The third-order valence-corrected chi connectivity index (χ3v) is 3.93. The normalized spacial score (nSPS) is 12.6. The van der Waals surface area contributed by atoms with Crippen molar-refractivity contribution in [3.8, 4) is 0 Å². The lowest BCUT2D eigenvalue weighted by molar-refractivity contribution is 0.540. The van der Waals surface area contributed by atoms with Gasteiger partial charge in [0, 0.05) is 5.02 Å². The first-order chi connectivity index (χ1) is 6.34. The van der Waals surface area contributed by atoms with Gasteiger partial charge in [-0.3, -0.25) is 4.21 Å². The lowest BCUT2D eigenvalue weighted by Gasteiger charge is -2.13. The van der Waals surface area contributed by atoms with Gasteiger partial charge in [-0.25, -0.2) is 0 Å². The van der Waals surface area contributed by atoms with Gasteiger partial charge in [0.1, 0.15) is 0 Å². The predicted octanol–water partition coefficient (Wildman–Crippen LogP) is 4.00. The zero-order valence-electron chi connectivity index (χ0n) is 6.62. The molecule has 0 amide bonds. The first-order valence-corrected chi connectivity index (χ1v) is 7.04. The summed E-state index contributed by atoms with van der Waals surface area (Å²) in [5.74, 6) is 0. The van der Waals surface area contributed by atoms with Crippen molar-refractivity contribution in [3.63, 3.8) is 0 Å². The van der Waals surface area contributed by atoms with Crippen LogP contribution in [0.2, 0.25) is 5.02 Å². The number of hydrogen-bond donors (Lipinski definition) is 0. The molecule has 1 unspecified atom stereocenters. The molecule has 2 nitrogen and oxygen atoms in total. The van der Waals surface area contributed by atoms with E-state index >= 15 is 0 Å². The van der Waals surface area contributed by atoms with Crippen LogP contribution in [-0.4, -0.2) is 10.2 Å². The molecule has 0 spiro atoms. The Labute approximate surface area is 115 Å². The zero-order valence-corrected chi connectivity index (χ0v) is 13.0. The van der Waals surface area contributed by atoms with E-state index in [1.54, 1.807) is 0 Å². The summed E-state index contributed by atoms with van der Waals surface area (Å²) in [5, 5.41) is 0.794. The summed E-state index contributed by atoms with van der Waals surface area (Å²) in [7, 11) is 0. The molecular weight excluding hydrogens is 423 g/mol. The van der Waals surface area contributed by atoms with E-state index in [-0.39, 0.29) is 0 Å². The first kappa shape index (κ1) is 15.1. The minimum atomic E-state index is -2.18. The van der Waals surface area contributed by atoms with Gasteiger partial charge in [0.25, 0.3) is 0 Å². The number of benzene rings is 1. The van der Waals surface area contributed by atoms with Crippen LogP contribution in [0.5, 0.6) is 0 Å². The van der Waals surface area contributed by atoms with E-state index < -0.39 is 12.6 Å². The Kier molecular flexibility index (Phi) is 7.91. The summed E-state index contributed by atoms with van der Waals surface area (Å²) in [6.07, 6.45) is 0. The summed E-state index contributed by atoms with van der Waals surface area (Å²) in [4.78, 5) is 0. The maximum atomic E-state index is 9.88. The summed E-state index contributed by atoms with van der Waals surface area (Å²) < 4.78 is 18.6. The van der Waals surface area contributed by atoms with Crippen LogP contribution in [0.25, 0.3) is 0 Å². The Morgan fingerprint density at radius 2 is 1.57 bits per heavy atom. The highest BCUT2D eigenvalue weighted by Crippen LogP contribution is 2.35. The van der Waals surface area contributed by atoms with Crippen molar-refractivity contribution < 1.29 is 8.76 Å². The van der Waals surface area contributed by atoms with Crippen LogP contribution in [0.15, 0.2) is 30.3 Å². The first-order valence-electron chi connectivity index (χ1n) is 3.20. The van der Waals surface area contributed by atoms with Crippen LogP contribution in [0.3, 0.4) is 0 Å². The zero-order chi connectivity index (χ0) is 11.2. The molecular formula is C7H5Br3ClO2S-. The third kappa shape index (κ3) is 8.38. The molecule has 7 heteroatoms. The molecule has 0 N–H and O–H groups in total. The Bertz CT molecular complexity index is 289. The second kappa shape index (κ2) is 7.35. The highest BCUT2D eigenvalue weighted by molar-refractivity contribution is 9.42. The number of alkyl halides is 3. The molecule has 0 bridgehead atoms. The highest BCUT2D eigenvalue weighted by atomic mass is 80.0. The van der Waals surface area contributed by atoms with Gasteiger partial charge in [0.15, 0.2) is 1.47 Å². The molecule has 14 heavy (non-hydrogen) atoms. The Hall–Kier alpha value is 1.06. The number of rotatable bonds is 0. The molecule has 0 saturated carbocycles. The smallest absolute Gasteiger partial charge is 0.195 e. The van der Waals surface area contributed by atoms with E-state index in [9.17, 15) is 8.76 Å². The summed E-state index contributed by atoms with van der Waals surface area (Å²) >= 11 is 11.6. The Balaban J connectivity index is 0.000000241. The lowest BCUT2D eigenvalue weighted by Crippen LogP contribution is -2.07. The second-order valence-corrected chi connectivity index (χ2v) is 11.8. The van der Waals surface area contributed by atoms with Crippen LogP contribution in [0, 0.1) is 0 Å². The van der Waals surface area contributed by atoms with Crippen molar-refractivity contribution >= 4 is 70.5 Å². The van der Waals surface area contributed by atoms with E-state index in [1.807, 2.05) is 30.3 Å². The van der Waals surface area contributed by atoms with Crippen LogP contribution in [-0.2, 0) is 11.1 Å². The molecule has 0 aromatic heterocycles. The molecule has 1 aromatic carbocycles. The number of hydrogen-bond acceptors (Lipinski definition) is 2. The van der Waals surface area contributed by atoms with Crippen LogP contribution >= 0.6 is 59.4 Å². The molecule has 0 aliphatic carbocycles. The highest BCUT2D eigenvalue weighted by Gasteiger charge is 2.17. The quantitative estimate of drug-likeness (QED) is 0.463. The maximum absolute atomic E-state index is 9.88. The van der Waals surface area contributed by atoms with Gasteiger partial charge < -0.3 is 4.55 Å². The molecule has 0 radical (unpaired) electrons. The van der Waals surface area contributed by atoms with Crippen molar-refractivity contribution in [2.45, 2.75) is 1.47 Å². The fraction of sp³-hybridized carbons (Fsp3) is 0.143. The van der Waals surface area contributed by atoms with E-state index in [2.05, 4.69) is 47.8 Å². The van der Waals surface area contributed by atoms with Crippen LogP contribution in [0.1, 0.15) is 0 Å². The average Bonchev–Trinajstić information content (AvgIpc) is 2.04. The maximum Gasteiger partial charge on any atom is 0.195 e. The minimum absolute atomic E-state index is 0.794. The monoisotopic (exact) mass is 425 g/mol. The van der Waals surface area contributed by atoms with Crippen LogP contribution in [0.4, 0.5) is 0 Å². The largest absolute Gasteiger partial charge is 0.770 e. The lowest BCUT2D eigenvalue weighted by atomic mass is 10.4. The van der Waals surface area contributed by atoms with Crippen molar-refractivity contribution in [1.29, 1.82) is 0 Å². The number of halogens is 4. The van der Waals surface area contributed by atoms with Crippen molar-refractivity contribution in [3.05, 3.63) is 35.4 Å². The summed E-state index contributed by atoms with van der Waals surface area (Å²) in [6, 6.07) is 9.44. The van der Waals surface area contributed by atoms with Gasteiger partial charge in [0.05, 0.1) is 0 Å². The van der Waals surface area contributed by atoms with Gasteiger partial charge in [-0.05, 0) is 71.0 Å². The summed E-state index contributed by atoms with van der Waals surface area (Å²) in [6.45, 7) is 0. The van der Waals surface area contributed by atoms with Gasteiger partial charge >= 0.3 is 0 Å². The molecule has 0 aliphatic rings. The van der Waals surface area contributed by atoms with Gasteiger partial charge in [0.2, 0.25) is 0 Å². The SMILES string of the molecule is Clc1ccccc1.O=S([O-])C(Br)(Br)Br. The van der Waals surface area contributed by atoms with Gasteiger partial charge in [-0.1, -0.05) is 29.8 Å². The van der Waals surface area contributed by atoms with E-state index in [0.29, 0.717) is 0 Å². The molecule has 0 aliphatic heterocycles. The van der Waals surface area contributed by atoms with Crippen LogP contribution < -0.4 is 0 Å². The third-order valence-electron chi connectivity index (χ3n) is 0.922. The van der Waals surface area contributed by atoms with Crippen molar-refractivity contribution in [1.82, 2.24) is 0 Å². The van der Waals surface area contributed by atoms with E-state index in [0.717, 1.165) is 5.02 Å². The predicted molar refractivity (Wildman–Crippen MR) is 69.9 cm³/mol. The topological polar surface area (TPSA) is 40.1 Å². The Morgan fingerprint density at radius 1 is 1.21 bits per heavy atom. The van der Waals surface area contributed by atoms with Gasteiger partial charge in [-0.15, -0.1) is 0 Å². The molecule has 1 atom stereocenters. The molecule has 80 valence electrons. The fourth-order valence-electron chi connectivity index (χ4n) is 0.415. The van der Waals surface area contributed by atoms with E-state index in [1.165, 1.54) is 0 Å². The van der Waals surface area contributed by atoms with Crippen molar-refractivity contribution in [2.75, 3.05) is 0 Å². The van der Waals surface area contributed by atoms with E-state index in [4.69, 9.17) is 11.6 Å². The Morgan fingerprint density at radius 3 is 1.71 bits per heavy atom. The molecule has 0 saturated heterocycles. The second-order valence-electron chi connectivity index (χ2n) is 1.98. The van der Waals surface area contributed by atoms with Crippen molar-refractivity contribution in [2.24, 2.45) is 0 Å². The minimum Gasteiger partial charge on any atom is -0.770 e. The molecule has 1 aromatic rings. The summed E-state index contributed by atoms with van der Waals surface area (Å²) in [5.41, 5.74) is 0.